The number of hydrogen-bond donors (Lipinski definition) is 2. The molecule has 0 saturated carbocycles. The number of nitrogens with zero attached hydrogens (tertiary/aromatic N) is 1. The van der Waals surface area contributed by atoms with Gasteiger partial charge in [0.1, 0.15) is 0 Å². The normalized spacial score (nSPS) is 16.6. The number of aryl methyl sites for hydroxylation is 1. The summed E-state index contributed by atoms with van der Waals surface area (Å²) in [5.41, 5.74) is 1.69. The Bertz CT molecular complexity index is 725. The van der Waals surface area contributed by atoms with Gasteiger partial charge in [0.25, 0.3) is 0 Å². The Kier molecular flexibility index (Phi) is 6.69. The highest BCUT2D eigenvalue weighted by atomic mass is 32.2. The highest BCUT2D eigenvalue weighted by Crippen LogP contribution is 2.26. The fraction of sp³-hybridized carbons (Fsp3) is 0.529. The van der Waals surface area contributed by atoms with Crippen LogP contribution in [0.3, 0.4) is 0 Å². The number of nitrogens with one attached hydrogen (secondary N) is 2. The predicted molar refractivity (Wildman–Crippen MR) is 97.2 cm³/mol. The Balaban J connectivity index is 2.22. The van der Waals surface area contributed by atoms with Gasteiger partial charge in [-0.3, -0.25) is 9.59 Å². The molecule has 25 heavy (non-hydrogen) atoms. The molecule has 0 radical (unpaired) electrons. The Morgan fingerprint density at radius 2 is 2.00 bits per heavy atom. The number of Topliss-reactive ketones (excluding diaryl/α,β-unsaturated/α-hetero) is 1. The minimum atomic E-state index is -3.31. The van der Waals surface area contributed by atoms with Crippen LogP contribution >= 0.6 is 0 Å². The van der Waals surface area contributed by atoms with Crippen molar-refractivity contribution in [3.05, 3.63) is 29.3 Å². The van der Waals surface area contributed by atoms with Crippen molar-refractivity contribution in [1.29, 1.82) is 0 Å². The lowest BCUT2D eigenvalue weighted by Crippen LogP contribution is -2.33. The van der Waals surface area contributed by atoms with Gasteiger partial charge in [0.05, 0.1) is 11.4 Å². The highest BCUT2D eigenvalue weighted by molar-refractivity contribution is 7.89. The fourth-order valence-electron chi connectivity index (χ4n) is 2.99. The van der Waals surface area contributed by atoms with Crippen molar-refractivity contribution in [3.63, 3.8) is 0 Å². The second-order valence-corrected chi connectivity index (χ2v) is 8.40. The molecule has 0 atom stereocenters. The van der Waals surface area contributed by atoms with Crippen LogP contribution in [0, 0.1) is 5.92 Å². The Morgan fingerprint density at radius 1 is 1.32 bits per heavy atom. The van der Waals surface area contributed by atoms with E-state index >= 15 is 0 Å². The molecule has 0 spiro atoms. The number of amides is 1. The van der Waals surface area contributed by atoms with Gasteiger partial charge in [-0.1, -0.05) is 6.07 Å². The van der Waals surface area contributed by atoms with E-state index < -0.39 is 10.0 Å². The van der Waals surface area contributed by atoms with E-state index in [1.165, 1.54) is 7.05 Å². The van der Waals surface area contributed by atoms with Crippen molar-refractivity contribution in [2.75, 3.05) is 38.3 Å². The van der Waals surface area contributed by atoms with Gasteiger partial charge in [-0.25, -0.2) is 13.1 Å². The van der Waals surface area contributed by atoms with Crippen LogP contribution in [0.1, 0.15) is 28.8 Å². The molecule has 1 fully saturated rings. The molecular formula is C17H25N3O4S. The minimum absolute atomic E-state index is 0.00998. The van der Waals surface area contributed by atoms with Gasteiger partial charge in [-0.05, 0) is 64.1 Å². The molecule has 1 saturated heterocycles. The van der Waals surface area contributed by atoms with Gasteiger partial charge < -0.3 is 10.2 Å². The average Bonchev–Trinajstić information content (AvgIpc) is 2.61. The number of carbonyl (C=O) groups excluding carboxylic acids is 2. The van der Waals surface area contributed by atoms with Crippen molar-refractivity contribution < 1.29 is 18.0 Å². The number of anilines is 1. The average molecular weight is 367 g/mol. The van der Waals surface area contributed by atoms with Crippen LogP contribution in [-0.4, -0.2) is 58.4 Å². The van der Waals surface area contributed by atoms with E-state index in [9.17, 15) is 18.0 Å². The predicted octanol–water partition coefficient (Wildman–Crippen LogP) is 0.871. The van der Waals surface area contributed by atoms with Gasteiger partial charge >= 0.3 is 0 Å². The Labute approximate surface area is 148 Å². The number of carbonyl (C=O) groups is 2. The zero-order valence-electron chi connectivity index (χ0n) is 14.6. The number of likely N-dealkylation sites (tertiary alicyclic amines) is 1. The molecule has 1 amide bonds. The van der Waals surface area contributed by atoms with Crippen molar-refractivity contribution in [2.24, 2.45) is 5.92 Å². The van der Waals surface area contributed by atoms with E-state index in [4.69, 9.17) is 0 Å². The summed E-state index contributed by atoms with van der Waals surface area (Å²) in [5.74, 6) is -0.110. The lowest BCUT2D eigenvalue weighted by molar-refractivity contribution is -0.105. The maximum atomic E-state index is 12.9. The molecule has 8 heteroatoms. The smallest absolute Gasteiger partial charge is 0.211 e. The van der Waals surface area contributed by atoms with Gasteiger partial charge in [-0.2, -0.15) is 0 Å². The summed E-state index contributed by atoms with van der Waals surface area (Å²) in [6.45, 7) is 1.74. The number of benzene rings is 1. The summed E-state index contributed by atoms with van der Waals surface area (Å²) in [4.78, 5) is 25.9. The summed E-state index contributed by atoms with van der Waals surface area (Å²) >= 11 is 0. The first-order valence-corrected chi connectivity index (χ1v) is 9.98. The van der Waals surface area contributed by atoms with E-state index in [-0.39, 0.29) is 17.5 Å². The topological polar surface area (TPSA) is 95.6 Å². The highest BCUT2D eigenvalue weighted by Gasteiger charge is 2.26. The summed E-state index contributed by atoms with van der Waals surface area (Å²) in [5, 5.41) is 2.57. The molecule has 1 aliphatic rings. The molecule has 2 N–H and O–H groups in total. The van der Waals surface area contributed by atoms with Crippen LogP contribution in [0.5, 0.6) is 0 Å². The molecular weight excluding hydrogens is 342 g/mol. The van der Waals surface area contributed by atoms with E-state index in [0.717, 1.165) is 31.5 Å². The standard InChI is InChI=1S/C17H25N3O4S/c1-18-25(23,24)10-7-13-3-4-16(19-12-21)15(11-13)17(22)14-5-8-20(2)9-6-14/h3-4,11-12,14,18H,5-10H2,1-2H3,(H,19,21). The lowest BCUT2D eigenvalue weighted by Gasteiger charge is -2.28. The third kappa shape index (κ3) is 5.35. The van der Waals surface area contributed by atoms with Gasteiger partial charge in [-0.15, -0.1) is 0 Å². The van der Waals surface area contributed by atoms with Gasteiger partial charge in [0, 0.05) is 11.5 Å². The van der Waals surface area contributed by atoms with Crippen LogP contribution < -0.4 is 10.0 Å². The molecule has 0 unspecified atom stereocenters. The summed E-state index contributed by atoms with van der Waals surface area (Å²) in [6.07, 6.45) is 2.42. The zero-order valence-corrected chi connectivity index (χ0v) is 15.4. The first-order valence-electron chi connectivity index (χ1n) is 8.33. The second-order valence-electron chi connectivity index (χ2n) is 6.36. The third-order valence-corrected chi connectivity index (χ3v) is 5.99. The van der Waals surface area contributed by atoms with Crippen LogP contribution in [0.4, 0.5) is 5.69 Å². The van der Waals surface area contributed by atoms with Crippen molar-refractivity contribution in [2.45, 2.75) is 19.3 Å². The summed E-state index contributed by atoms with van der Waals surface area (Å²) < 4.78 is 25.5. The molecule has 1 aromatic rings. The zero-order chi connectivity index (χ0) is 18.4. The number of ketones is 1. The third-order valence-electron chi connectivity index (χ3n) is 4.62. The molecule has 0 bridgehead atoms. The minimum Gasteiger partial charge on any atom is -0.328 e. The van der Waals surface area contributed by atoms with Crippen LogP contribution in [-0.2, 0) is 21.2 Å². The van der Waals surface area contributed by atoms with Crippen molar-refractivity contribution in [3.8, 4) is 0 Å². The summed E-state index contributed by atoms with van der Waals surface area (Å²) in [7, 11) is 0.0971. The van der Waals surface area contributed by atoms with Crippen LogP contribution in [0.15, 0.2) is 18.2 Å². The van der Waals surface area contributed by atoms with Crippen molar-refractivity contribution in [1.82, 2.24) is 9.62 Å². The maximum absolute atomic E-state index is 12.9. The Hall–Kier alpha value is -1.77. The van der Waals surface area contributed by atoms with Gasteiger partial charge in [0.15, 0.2) is 5.78 Å². The van der Waals surface area contributed by atoms with Crippen LogP contribution in [0.2, 0.25) is 0 Å². The van der Waals surface area contributed by atoms with Crippen molar-refractivity contribution >= 4 is 27.9 Å². The largest absolute Gasteiger partial charge is 0.328 e. The molecule has 0 aromatic heterocycles. The number of piperidine rings is 1. The quantitative estimate of drug-likeness (QED) is 0.525. The molecule has 138 valence electrons. The lowest BCUT2D eigenvalue weighted by atomic mass is 9.87. The summed E-state index contributed by atoms with van der Waals surface area (Å²) in [6, 6.07) is 5.11. The molecule has 1 heterocycles. The molecule has 0 aliphatic carbocycles. The molecule has 7 nitrogen and oxygen atoms in total. The van der Waals surface area contributed by atoms with Gasteiger partial charge in [0.2, 0.25) is 16.4 Å². The first-order chi connectivity index (χ1) is 11.9. The molecule has 1 aromatic carbocycles. The second kappa shape index (κ2) is 8.55. The molecule has 1 aliphatic heterocycles. The maximum Gasteiger partial charge on any atom is 0.211 e. The van der Waals surface area contributed by atoms with E-state index in [1.54, 1.807) is 18.2 Å². The monoisotopic (exact) mass is 367 g/mol. The number of hydrogen-bond acceptors (Lipinski definition) is 5. The number of rotatable bonds is 8. The van der Waals surface area contributed by atoms with E-state index in [2.05, 4.69) is 14.9 Å². The molecule has 2 rings (SSSR count). The first kappa shape index (κ1) is 19.6. The fourth-order valence-corrected chi connectivity index (χ4v) is 3.69. The SMILES string of the molecule is CNS(=O)(=O)CCc1ccc(NC=O)c(C(=O)C2CCN(C)CC2)c1. The number of sulfonamides is 1. The Morgan fingerprint density at radius 3 is 2.60 bits per heavy atom. The van der Waals surface area contributed by atoms with E-state index in [1.807, 2.05) is 7.05 Å². The van der Waals surface area contributed by atoms with E-state index in [0.29, 0.717) is 24.1 Å². The van der Waals surface area contributed by atoms with Crippen LogP contribution in [0.25, 0.3) is 0 Å².